The highest BCUT2D eigenvalue weighted by atomic mass is 32.1. The maximum atomic E-state index is 12.1. The molecule has 2 nitrogen and oxygen atoms in total. The van der Waals surface area contributed by atoms with Gasteiger partial charge < -0.3 is 5.73 Å². The fraction of sp³-hybridized carbons (Fsp3) is 0.167. The maximum Gasteiger partial charge on any atom is 0.419 e. The number of nitrogens with zero attached hydrogens (tertiary/aromatic N) is 1. The lowest BCUT2D eigenvalue weighted by atomic mass is 10.2. The monoisotopic (exact) mass is 194 g/mol. The second kappa shape index (κ2) is 2.85. The van der Waals surface area contributed by atoms with Gasteiger partial charge in [0.15, 0.2) is 0 Å². The third-order valence-corrected chi connectivity index (χ3v) is 1.63. The summed E-state index contributed by atoms with van der Waals surface area (Å²) in [6, 6.07) is 0. The first kappa shape index (κ1) is 9.18. The maximum absolute atomic E-state index is 12.1. The Morgan fingerprint density at radius 3 is 2.33 bits per heavy atom. The van der Waals surface area contributed by atoms with E-state index in [0.29, 0.717) is 6.20 Å². The van der Waals surface area contributed by atoms with Crippen LogP contribution in [0.5, 0.6) is 0 Å². The van der Waals surface area contributed by atoms with Crippen LogP contribution in [-0.2, 0) is 6.18 Å². The number of pyridine rings is 1. The van der Waals surface area contributed by atoms with Gasteiger partial charge in [-0.3, -0.25) is 4.98 Å². The summed E-state index contributed by atoms with van der Waals surface area (Å²) in [5, 5.41) is 0. The number of aromatic nitrogens is 1. The molecule has 1 heterocycles. The molecule has 2 N–H and O–H groups in total. The van der Waals surface area contributed by atoms with E-state index in [1.165, 1.54) is 0 Å². The molecule has 66 valence electrons. The average Bonchev–Trinajstić information content (AvgIpc) is 1.92. The van der Waals surface area contributed by atoms with Crippen LogP contribution in [0.15, 0.2) is 17.3 Å². The number of hydrogen-bond acceptors (Lipinski definition) is 3. The van der Waals surface area contributed by atoms with Crippen LogP contribution in [0.2, 0.25) is 0 Å². The van der Waals surface area contributed by atoms with Crippen molar-refractivity contribution in [3.63, 3.8) is 0 Å². The van der Waals surface area contributed by atoms with Crippen LogP contribution in [0, 0.1) is 0 Å². The number of anilines is 1. The molecule has 0 unspecified atom stereocenters. The topological polar surface area (TPSA) is 38.9 Å². The fourth-order valence-electron chi connectivity index (χ4n) is 0.685. The molecule has 0 aliphatic carbocycles. The summed E-state index contributed by atoms with van der Waals surface area (Å²) in [5.74, 6) is 0. The lowest BCUT2D eigenvalue weighted by molar-refractivity contribution is -0.137. The van der Waals surface area contributed by atoms with Crippen LogP contribution in [-0.4, -0.2) is 4.98 Å². The Morgan fingerprint density at radius 2 is 1.92 bits per heavy atom. The van der Waals surface area contributed by atoms with E-state index in [2.05, 4.69) is 17.6 Å². The van der Waals surface area contributed by atoms with E-state index in [9.17, 15) is 13.2 Å². The summed E-state index contributed by atoms with van der Waals surface area (Å²) in [6.07, 6.45) is -2.63. The van der Waals surface area contributed by atoms with Crippen molar-refractivity contribution in [2.75, 3.05) is 5.73 Å². The number of nitrogen functional groups attached to an aromatic ring is 1. The summed E-state index contributed by atoms with van der Waals surface area (Å²) in [4.78, 5) is 3.37. The largest absolute Gasteiger partial charge is 0.419 e. The van der Waals surface area contributed by atoms with Crippen molar-refractivity contribution >= 4 is 18.3 Å². The smallest absolute Gasteiger partial charge is 0.397 e. The molecule has 0 fully saturated rings. The predicted octanol–water partition coefficient (Wildman–Crippen LogP) is 1.97. The van der Waals surface area contributed by atoms with Crippen molar-refractivity contribution in [1.29, 1.82) is 0 Å². The Bertz CT molecular complexity index is 297. The van der Waals surface area contributed by atoms with Gasteiger partial charge in [-0.2, -0.15) is 13.2 Å². The molecule has 1 rings (SSSR count). The summed E-state index contributed by atoms with van der Waals surface area (Å²) < 4.78 is 36.2. The van der Waals surface area contributed by atoms with Gasteiger partial charge >= 0.3 is 6.18 Å². The first-order chi connectivity index (χ1) is 5.43. The summed E-state index contributed by atoms with van der Waals surface area (Å²) in [7, 11) is 0. The van der Waals surface area contributed by atoms with Crippen LogP contribution >= 0.6 is 12.6 Å². The zero-order valence-electron chi connectivity index (χ0n) is 5.76. The van der Waals surface area contributed by atoms with Crippen LogP contribution in [0.4, 0.5) is 18.9 Å². The van der Waals surface area contributed by atoms with Crippen LogP contribution in [0.3, 0.4) is 0 Å². The molecule has 0 saturated carbocycles. The average molecular weight is 194 g/mol. The zero-order chi connectivity index (χ0) is 9.35. The number of alkyl halides is 3. The van der Waals surface area contributed by atoms with Gasteiger partial charge in [0.1, 0.15) is 0 Å². The first-order valence-electron chi connectivity index (χ1n) is 2.92. The van der Waals surface area contributed by atoms with Gasteiger partial charge in [0.2, 0.25) is 0 Å². The van der Waals surface area contributed by atoms with E-state index in [1.807, 2.05) is 0 Å². The van der Waals surface area contributed by atoms with Gasteiger partial charge in [0, 0.05) is 17.3 Å². The van der Waals surface area contributed by atoms with E-state index in [-0.39, 0.29) is 10.6 Å². The van der Waals surface area contributed by atoms with Crippen LogP contribution in [0.25, 0.3) is 0 Å². The lowest BCUT2D eigenvalue weighted by Crippen LogP contribution is -2.09. The Kier molecular flexibility index (Phi) is 2.18. The summed E-state index contributed by atoms with van der Waals surface area (Å²) in [6.45, 7) is 0. The molecular formula is C6H5F3N2S. The molecule has 1 aromatic heterocycles. The van der Waals surface area contributed by atoms with E-state index < -0.39 is 11.7 Å². The third kappa shape index (κ3) is 1.63. The molecule has 0 aliphatic rings. The molecule has 0 atom stereocenters. The molecule has 0 radical (unpaired) electrons. The fourth-order valence-corrected chi connectivity index (χ4v) is 0.872. The highest BCUT2D eigenvalue weighted by molar-refractivity contribution is 7.80. The van der Waals surface area contributed by atoms with E-state index in [1.54, 1.807) is 0 Å². The zero-order valence-corrected chi connectivity index (χ0v) is 6.65. The van der Waals surface area contributed by atoms with E-state index >= 15 is 0 Å². The molecule has 12 heavy (non-hydrogen) atoms. The van der Waals surface area contributed by atoms with E-state index in [0.717, 1.165) is 6.20 Å². The van der Waals surface area contributed by atoms with Crippen LogP contribution in [0.1, 0.15) is 5.56 Å². The van der Waals surface area contributed by atoms with Gasteiger partial charge in [0.05, 0.1) is 11.3 Å². The van der Waals surface area contributed by atoms with Gasteiger partial charge in [-0.1, -0.05) is 0 Å². The highest BCUT2D eigenvalue weighted by Gasteiger charge is 2.33. The third-order valence-electron chi connectivity index (χ3n) is 1.27. The van der Waals surface area contributed by atoms with Gasteiger partial charge in [0.25, 0.3) is 0 Å². The molecule has 0 saturated heterocycles. The molecule has 1 aromatic rings. The number of halogens is 3. The molecule has 0 amide bonds. The normalized spacial score (nSPS) is 11.7. The van der Waals surface area contributed by atoms with Crippen LogP contribution < -0.4 is 5.73 Å². The SMILES string of the molecule is Nc1c(S)cncc1C(F)(F)F. The predicted molar refractivity (Wildman–Crippen MR) is 40.9 cm³/mol. The van der Waals surface area contributed by atoms with E-state index in [4.69, 9.17) is 5.73 Å². The van der Waals surface area contributed by atoms with Crippen molar-refractivity contribution in [2.24, 2.45) is 0 Å². The quantitative estimate of drug-likeness (QED) is 0.620. The standard InChI is InChI=1S/C6H5F3N2S/c7-6(8,9)3-1-11-2-4(12)5(3)10/h1-2,12H,(H2,10,11). The molecule has 0 aromatic carbocycles. The highest BCUT2D eigenvalue weighted by Crippen LogP contribution is 2.34. The van der Waals surface area contributed by atoms with Gasteiger partial charge in [-0.05, 0) is 0 Å². The Hall–Kier alpha value is -0.910. The lowest BCUT2D eigenvalue weighted by Gasteiger charge is -2.09. The molecule has 6 heteroatoms. The van der Waals surface area contributed by atoms with Crippen molar-refractivity contribution in [1.82, 2.24) is 4.98 Å². The Morgan fingerprint density at radius 1 is 1.33 bits per heavy atom. The summed E-state index contributed by atoms with van der Waals surface area (Å²) in [5.41, 5.74) is 3.80. The first-order valence-corrected chi connectivity index (χ1v) is 3.37. The number of thiol groups is 1. The second-order valence-electron chi connectivity index (χ2n) is 2.12. The van der Waals surface area contributed by atoms with Crippen molar-refractivity contribution in [2.45, 2.75) is 11.1 Å². The molecule has 0 spiro atoms. The molecule has 0 bridgehead atoms. The summed E-state index contributed by atoms with van der Waals surface area (Å²) >= 11 is 3.71. The second-order valence-corrected chi connectivity index (χ2v) is 2.60. The molecule has 0 aliphatic heterocycles. The Labute approximate surface area is 72.0 Å². The minimum absolute atomic E-state index is 0.0322. The Balaban J connectivity index is 3.26. The van der Waals surface area contributed by atoms with Crippen molar-refractivity contribution in [3.8, 4) is 0 Å². The van der Waals surface area contributed by atoms with Gasteiger partial charge in [-0.25, -0.2) is 0 Å². The number of hydrogen-bond donors (Lipinski definition) is 2. The van der Waals surface area contributed by atoms with Crippen molar-refractivity contribution in [3.05, 3.63) is 18.0 Å². The minimum Gasteiger partial charge on any atom is -0.397 e. The van der Waals surface area contributed by atoms with Gasteiger partial charge in [-0.15, -0.1) is 12.6 Å². The number of nitrogens with two attached hydrogens (primary N) is 1. The molecular weight excluding hydrogens is 189 g/mol. The van der Waals surface area contributed by atoms with Crippen molar-refractivity contribution < 1.29 is 13.2 Å². The minimum atomic E-state index is -4.46. The number of rotatable bonds is 0.